The quantitative estimate of drug-likeness (QED) is 0.0866. The Morgan fingerprint density at radius 3 is 1.94 bits per heavy atom. The average Bonchev–Trinajstić information content (AvgIpc) is 2.82. The maximum Gasteiger partial charge on any atom is 0.244 e. The predicted molar refractivity (Wildman–Crippen MR) is 144 cm³/mol. The number of rotatable bonds is 21. The Hall–Kier alpha value is -1.81. The molecule has 0 aliphatic rings. The van der Waals surface area contributed by atoms with E-state index in [0.29, 0.717) is 19.3 Å². The third kappa shape index (κ3) is 25.3. The zero-order chi connectivity index (χ0) is 27.6. The van der Waals surface area contributed by atoms with Crippen molar-refractivity contribution in [1.29, 1.82) is 0 Å². The van der Waals surface area contributed by atoms with Gasteiger partial charge in [0.2, 0.25) is 17.1 Å². The summed E-state index contributed by atoms with van der Waals surface area (Å²) in [4.78, 5) is 45.5. The Morgan fingerprint density at radius 2 is 1.47 bits per heavy atom. The SMILES string of the molecule is CC=CC(=O)Cl.CNCCCCC(NC(=O)CCCCCCCCC(C)=O)C(=O)NC(CO)CCO. The van der Waals surface area contributed by atoms with Crippen LogP contribution in [0.1, 0.15) is 90.9 Å². The Labute approximate surface area is 221 Å². The fourth-order valence-corrected chi connectivity index (χ4v) is 3.48. The fraction of sp³-hybridized carbons (Fsp3) is 0.769. The van der Waals surface area contributed by atoms with Crippen molar-refractivity contribution in [2.24, 2.45) is 0 Å². The van der Waals surface area contributed by atoms with E-state index in [2.05, 4.69) is 16.0 Å². The van der Waals surface area contributed by atoms with Crippen molar-refractivity contribution < 1.29 is 29.4 Å². The number of Topliss-reactive ketones (excluding diaryl/α,β-unsaturated/α-hetero) is 1. The minimum atomic E-state index is -0.631. The standard InChI is InChI=1S/C22H43N3O5.C4H5ClO/c1-18(28)11-7-5-3-4-6-8-13-21(29)25-20(12-9-10-15-23-2)22(30)24-19(17-27)14-16-26;1-2-3-4(5)6/h19-20,23,26-27H,3-17H2,1-2H3,(H,24,30)(H,25,29);2-3H,1H3. The maximum atomic E-state index is 12.6. The molecule has 36 heavy (non-hydrogen) atoms. The van der Waals surface area contributed by atoms with Gasteiger partial charge in [-0.05, 0) is 83.6 Å². The van der Waals surface area contributed by atoms with Gasteiger partial charge in [-0.3, -0.25) is 14.4 Å². The van der Waals surface area contributed by atoms with E-state index >= 15 is 0 Å². The molecule has 2 atom stereocenters. The smallest absolute Gasteiger partial charge is 0.244 e. The molecule has 0 aliphatic heterocycles. The summed E-state index contributed by atoms with van der Waals surface area (Å²) in [7, 11) is 1.87. The second-order valence-corrected chi connectivity index (χ2v) is 9.12. The van der Waals surface area contributed by atoms with E-state index in [1.54, 1.807) is 19.9 Å². The number of aliphatic hydroxyl groups excluding tert-OH is 2. The number of unbranched alkanes of at least 4 members (excludes halogenated alkanes) is 6. The van der Waals surface area contributed by atoms with Gasteiger partial charge in [0.1, 0.15) is 11.8 Å². The lowest BCUT2D eigenvalue weighted by atomic mass is 10.1. The van der Waals surface area contributed by atoms with Crippen LogP contribution in [0.3, 0.4) is 0 Å². The number of ketones is 1. The first kappa shape index (κ1) is 36.3. The summed E-state index contributed by atoms with van der Waals surface area (Å²) < 4.78 is 0. The minimum Gasteiger partial charge on any atom is -0.396 e. The monoisotopic (exact) mass is 533 g/mol. The van der Waals surface area contributed by atoms with Gasteiger partial charge in [0.05, 0.1) is 12.6 Å². The topological polar surface area (TPSA) is 145 Å². The fourth-order valence-electron chi connectivity index (χ4n) is 3.35. The van der Waals surface area contributed by atoms with E-state index in [-0.39, 0.29) is 37.2 Å². The summed E-state index contributed by atoms with van der Waals surface area (Å²) in [6, 6.07) is -1.14. The lowest BCUT2D eigenvalue weighted by Crippen LogP contribution is -2.50. The molecule has 0 spiro atoms. The van der Waals surface area contributed by atoms with Gasteiger partial charge in [0, 0.05) is 19.4 Å². The van der Waals surface area contributed by atoms with E-state index in [0.717, 1.165) is 57.9 Å². The molecule has 210 valence electrons. The second kappa shape index (κ2) is 26.3. The van der Waals surface area contributed by atoms with E-state index in [1.165, 1.54) is 6.08 Å². The summed E-state index contributed by atoms with van der Waals surface area (Å²) in [5.41, 5.74) is 0. The Balaban J connectivity index is 0. The first-order valence-corrected chi connectivity index (χ1v) is 13.4. The molecule has 0 aromatic rings. The highest BCUT2D eigenvalue weighted by Gasteiger charge is 2.22. The molecule has 0 fully saturated rings. The summed E-state index contributed by atoms with van der Waals surface area (Å²) in [5, 5.41) is 26.5. The molecule has 0 heterocycles. The van der Waals surface area contributed by atoms with E-state index in [1.807, 2.05) is 7.05 Å². The summed E-state index contributed by atoms with van der Waals surface area (Å²) in [6.45, 7) is 3.82. The Bertz CT molecular complexity index is 631. The molecule has 9 nitrogen and oxygen atoms in total. The molecule has 0 saturated carbocycles. The lowest BCUT2D eigenvalue weighted by molar-refractivity contribution is -0.130. The van der Waals surface area contributed by atoms with Crippen LogP contribution in [0.4, 0.5) is 0 Å². The first-order chi connectivity index (χ1) is 17.2. The molecule has 2 unspecified atom stereocenters. The lowest BCUT2D eigenvalue weighted by Gasteiger charge is -2.22. The van der Waals surface area contributed by atoms with Crippen molar-refractivity contribution in [3.63, 3.8) is 0 Å². The van der Waals surface area contributed by atoms with Gasteiger partial charge in [-0.25, -0.2) is 0 Å². The zero-order valence-corrected chi connectivity index (χ0v) is 23.1. The van der Waals surface area contributed by atoms with Crippen molar-refractivity contribution in [2.75, 3.05) is 26.8 Å². The molecular weight excluding hydrogens is 486 g/mol. The van der Waals surface area contributed by atoms with Gasteiger partial charge >= 0.3 is 0 Å². The van der Waals surface area contributed by atoms with Gasteiger partial charge in [-0.2, -0.15) is 0 Å². The van der Waals surface area contributed by atoms with E-state index < -0.39 is 17.3 Å². The molecule has 0 rings (SSSR count). The highest BCUT2D eigenvalue weighted by atomic mass is 35.5. The normalized spacial score (nSPS) is 12.4. The molecule has 0 aromatic carbocycles. The number of carbonyl (C=O) groups excluding carboxylic acids is 4. The molecule has 0 saturated heterocycles. The van der Waals surface area contributed by atoms with Crippen molar-refractivity contribution in [2.45, 2.75) is 103 Å². The molecule has 5 N–H and O–H groups in total. The molecule has 0 radical (unpaired) electrons. The third-order valence-electron chi connectivity index (χ3n) is 5.35. The number of carbonyl (C=O) groups is 4. The summed E-state index contributed by atoms with van der Waals surface area (Å²) in [5.74, 6) is -0.216. The molecule has 0 aromatic heterocycles. The highest BCUT2D eigenvalue weighted by Crippen LogP contribution is 2.09. The van der Waals surface area contributed by atoms with Crippen LogP contribution in [0.5, 0.6) is 0 Å². The van der Waals surface area contributed by atoms with Crippen LogP contribution in [0, 0.1) is 0 Å². The van der Waals surface area contributed by atoms with Crippen molar-refractivity contribution in [1.82, 2.24) is 16.0 Å². The van der Waals surface area contributed by atoms with Crippen LogP contribution >= 0.6 is 11.6 Å². The molecule has 0 aliphatic carbocycles. The van der Waals surface area contributed by atoms with Crippen molar-refractivity contribution in [3.8, 4) is 0 Å². The van der Waals surface area contributed by atoms with Crippen LogP contribution in [0.25, 0.3) is 0 Å². The van der Waals surface area contributed by atoms with Gasteiger partial charge in [-0.15, -0.1) is 0 Å². The third-order valence-corrected chi connectivity index (χ3v) is 5.47. The second-order valence-electron chi connectivity index (χ2n) is 8.75. The van der Waals surface area contributed by atoms with Crippen molar-refractivity contribution in [3.05, 3.63) is 12.2 Å². The van der Waals surface area contributed by atoms with E-state index in [4.69, 9.17) is 16.7 Å². The molecule has 0 bridgehead atoms. The molecular formula is C26H48ClN3O6. The largest absolute Gasteiger partial charge is 0.396 e. The molecule has 2 amide bonds. The first-order valence-electron chi connectivity index (χ1n) is 13.0. The highest BCUT2D eigenvalue weighted by molar-refractivity contribution is 6.66. The number of nitrogens with one attached hydrogen (secondary N) is 3. The van der Waals surface area contributed by atoms with Gasteiger partial charge in [-0.1, -0.05) is 31.8 Å². The van der Waals surface area contributed by atoms with Crippen molar-refractivity contribution >= 4 is 34.4 Å². The van der Waals surface area contributed by atoms with Gasteiger partial charge in [0.25, 0.3) is 0 Å². The van der Waals surface area contributed by atoms with Gasteiger partial charge < -0.3 is 31.0 Å². The number of allylic oxidation sites excluding steroid dienone is 2. The van der Waals surface area contributed by atoms with E-state index in [9.17, 15) is 24.3 Å². The Kier molecular flexibility index (Phi) is 26.5. The number of hydrogen-bond donors (Lipinski definition) is 5. The van der Waals surface area contributed by atoms with Gasteiger partial charge in [0.15, 0.2) is 0 Å². The summed E-state index contributed by atoms with van der Waals surface area (Å²) in [6.07, 6.45) is 12.2. The average molecular weight is 534 g/mol. The number of amides is 2. The molecule has 10 heteroatoms. The predicted octanol–water partition coefficient (Wildman–Crippen LogP) is 2.76. The number of halogens is 1. The van der Waals surface area contributed by atoms with Crippen LogP contribution in [0.15, 0.2) is 12.2 Å². The number of aliphatic hydroxyl groups is 2. The Morgan fingerprint density at radius 1 is 0.861 bits per heavy atom. The minimum absolute atomic E-state index is 0.126. The number of hydrogen-bond acceptors (Lipinski definition) is 7. The van der Waals surface area contributed by atoms with Crippen LogP contribution in [-0.2, 0) is 19.2 Å². The van der Waals surface area contributed by atoms with Crippen LogP contribution in [0.2, 0.25) is 0 Å². The van der Waals surface area contributed by atoms with Crippen LogP contribution in [-0.4, -0.2) is 71.9 Å². The zero-order valence-electron chi connectivity index (χ0n) is 22.3. The van der Waals surface area contributed by atoms with Crippen LogP contribution < -0.4 is 16.0 Å². The summed E-state index contributed by atoms with van der Waals surface area (Å²) >= 11 is 4.85. The maximum absolute atomic E-state index is 12.6.